The fraction of sp³-hybridized carbons (Fsp3) is 0.375. The highest BCUT2D eigenvalue weighted by Gasteiger charge is 2.29. The summed E-state index contributed by atoms with van der Waals surface area (Å²) in [6.45, 7) is 3.48. The fourth-order valence-electron chi connectivity index (χ4n) is 2.83. The number of benzene rings is 1. The molecule has 1 fully saturated rings. The van der Waals surface area contributed by atoms with Crippen molar-refractivity contribution in [3.05, 3.63) is 48.0 Å². The van der Waals surface area contributed by atoms with Crippen LogP contribution in [0.15, 0.2) is 36.7 Å². The molecule has 3 rings (SSSR count). The number of aromatic nitrogens is 2. The second-order valence-electron chi connectivity index (χ2n) is 5.47. The van der Waals surface area contributed by atoms with E-state index in [-0.39, 0.29) is 5.91 Å². The van der Waals surface area contributed by atoms with E-state index in [4.69, 9.17) is 0 Å². The molecule has 1 aliphatic heterocycles. The van der Waals surface area contributed by atoms with E-state index in [1.54, 1.807) is 6.20 Å². The van der Waals surface area contributed by atoms with E-state index < -0.39 is 0 Å². The highest BCUT2D eigenvalue weighted by atomic mass is 79.9. The Bertz CT molecular complexity index is 652. The molecule has 1 unspecified atom stereocenters. The minimum Gasteiger partial charge on any atom is -0.338 e. The summed E-state index contributed by atoms with van der Waals surface area (Å²) < 4.78 is 2.07. The number of rotatable bonds is 4. The van der Waals surface area contributed by atoms with Crippen molar-refractivity contribution in [1.29, 1.82) is 0 Å². The molecule has 1 aromatic carbocycles. The Morgan fingerprint density at radius 1 is 1.38 bits per heavy atom. The van der Waals surface area contributed by atoms with Crippen LogP contribution in [0.5, 0.6) is 0 Å². The first-order chi connectivity index (χ1) is 10.2. The zero-order chi connectivity index (χ0) is 14.8. The summed E-state index contributed by atoms with van der Waals surface area (Å²) in [7, 11) is 0. The fourth-order valence-corrected chi connectivity index (χ4v) is 3.26. The first-order valence-corrected chi connectivity index (χ1v) is 8.23. The summed E-state index contributed by atoms with van der Waals surface area (Å²) >= 11 is 3.48. The highest BCUT2D eigenvalue weighted by Crippen LogP contribution is 2.24. The van der Waals surface area contributed by atoms with Crippen molar-refractivity contribution in [2.75, 3.05) is 11.9 Å². The minimum absolute atomic E-state index is 0.247. The van der Waals surface area contributed by atoms with Crippen molar-refractivity contribution >= 4 is 21.8 Å². The van der Waals surface area contributed by atoms with Gasteiger partial charge in [-0.3, -0.25) is 4.79 Å². The number of likely N-dealkylation sites (tertiary alicyclic amines) is 1. The number of hydrogen-bond donors (Lipinski definition) is 0. The Labute approximate surface area is 132 Å². The quantitative estimate of drug-likeness (QED) is 0.797. The number of amides is 1. The molecule has 1 saturated heterocycles. The molecule has 0 spiro atoms. The molecule has 1 atom stereocenters. The first-order valence-electron chi connectivity index (χ1n) is 7.11. The van der Waals surface area contributed by atoms with Crippen LogP contribution >= 0.6 is 15.9 Å². The number of alkyl halides is 1. The smallest absolute Gasteiger partial charge is 0.223 e. The maximum atomic E-state index is 12.1. The van der Waals surface area contributed by atoms with Crippen LogP contribution < -0.4 is 0 Å². The Morgan fingerprint density at radius 2 is 2.19 bits per heavy atom. The number of hydrogen-bond acceptors (Lipinski definition) is 2. The molecule has 0 N–H and O–H groups in total. The average Bonchev–Trinajstić information content (AvgIpc) is 3.06. The first kappa shape index (κ1) is 14.3. The van der Waals surface area contributed by atoms with Crippen molar-refractivity contribution < 1.29 is 4.79 Å². The molecule has 21 heavy (non-hydrogen) atoms. The highest BCUT2D eigenvalue weighted by molar-refractivity contribution is 9.09. The zero-order valence-corrected chi connectivity index (χ0v) is 13.6. The number of aryl methyl sites for hydroxylation is 1. The maximum absolute atomic E-state index is 12.1. The van der Waals surface area contributed by atoms with Gasteiger partial charge in [0.2, 0.25) is 5.91 Å². The lowest BCUT2D eigenvalue weighted by Crippen LogP contribution is -2.25. The summed E-state index contributed by atoms with van der Waals surface area (Å²) in [6, 6.07) is 8.20. The molecule has 1 aromatic heterocycles. The monoisotopic (exact) mass is 347 g/mol. The number of halogens is 1. The van der Waals surface area contributed by atoms with Gasteiger partial charge < -0.3 is 9.47 Å². The Morgan fingerprint density at radius 3 is 2.86 bits per heavy atom. The third-order valence-corrected chi connectivity index (χ3v) is 4.87. The van der Waals surface area contributed by atoms with Gasteiger partial charge in [-0.1, -0.05) is 34.1 Å². The molecule has 5 heteroatoms. The minimum atomic E-state index is 0.247. The van der Waals surface area contributed by atoms with Crippen molar-refractivity contribution in [2.45, 2.75) is 19.9 Å². The number of imidazole rings is 1. The van der Waals surface area contributed by atoms with E-state index in [0.29, 0.717) is 18.9 Å². The molecule has 2 heterocycles. The summed E-state index contributed by atoms with van der Waals surface area (Å²) in [4.78, 5) is 18.3. The van der Waals surface area contributed by atoms with Crippen molar-refractivity contribution in [3.8, 4) is 5.69 Å². The standard InChI is InChI=1S/C16H18BrN3O/c1-12-18-6-7-20(12)15-5-3-2-4-14(15)11-19-10-13(9-17)8-16(19)21/h2-7,13H,8-11H2,1H3. The lowest BCUT2D eigenvalue weighted by atomic mass is 10.1. The zero-order valence-electron chi connectivity index (χ0n) is 12.0. The van der Waals surface area contributed by atoms with E-state index >= 15 is 0 Å². The van der Waals surface area contributed by atoms with Crippen molar-refractivity contribution in [2.24, 2.45) is 5.92 Å². The van der Waals surface area contributed by atoms with Gasteiger partial charge in [0.15, 0.2) is 0 Å². The van der Waals surface area contributed by atoms with Gasteiger partial charge in [-0.25, -0.2) is 4.98 Å². The molecule has 2 aromatic rings. The number of carbonyl (C=O) groups is 1. The van der Waals surface area contributed by atoms with E-state index in [2.05, 4.69) is 37.6 Å². The Kier molecular flexibility index (Phi) is 4.10. The van der Waals surface area contributed by atoms with Crippen LogP contribution in [0.4, 0.5) is 0 Å². The van der Waals surface area contributed by atoms with E-state index in [1.165, 1.54) is 0 Å². The summed E-state index contributed by atoms with van der Waals surface area (Å²) in [5.41, 5.74) is 2.25. The Hall–Kier alpha value is -1.62. The van der Waals surface area contributed by atoms with Gasteiger partial charge in [0, 0.05) is 37.2 Å². The predicted molar refractivity (Wildman–Crippen MR) is 85.6 cm³/mol. The molecule has 110 valence electrons. The molecule has 0 radical (unpaired) electrons. The van der Waals surface area contributed by atoms with Gasteiger partial charge >= 0.3 is 0 Å². The van der Waals surface area contributed by atoms with Gasteiger partial charge in [-0.15, -0.1) is 0 Å². The normalized spacial score (nSPS) is 18.5. The molecule has 0 saturated carbocycles. The molecular weight excluding hydrogens is 330 g/mol. The summed E-state index contributed by atoms with van der Waals surface area (Å²) in [5, 5.41) is 0.886. The van der Waals surface area contributed by atoms with Gasteiger partial charge in [0.05, 0.1) is 5.69 Å². The molecule has 1 aliphatic rings. The van der Waals surface area contributed by atoms with Gasteiger partial charge in [-0.05, 0) is 24.5 Å². The Balaban J connectivity index is 1.87. The van der Waals surface area contributed by atoms with Gasteiger partial charge in [-0.2, -0.15) is 0 Å². The van der Waals surface area contributed by atoms with Crippen LogP contribution in [0.3, 0.4) is 0 Å². The third kappa shape index (κ3) is 2.88. The summed E-state index contributed by atoms with van der Waals surface area (Å²) in [6.07, 6.45) is 4.41. The second kappa shape index (κ2) is 6.02. The molecule has 0 aliphatic carbocycles. The van der Waals surface area contributed by atoms with E-state index in [1.807, 2.05) is 30.2 Å². The van der Waals surface area contributed by atoms with Gasteiger partial charge in [0.25, 0.3) is 0 Å². The molecule has 0 bridgehead atoms. The molecule has 1 amide bonds. The van der Waals surface area contributed by atoms with Crippen molar-refractivity contribution in [3.63, 3.8) is 0 Å². The number of para-hydroxylation sites is 1. The van der Waals surface area contributed by atoms with E-state index in [0.717, 1.165) is 29.0 Å². The van der Waals surface area contributed by atoms with Crippen molar-refractivity contribution in [1.82, 2.24) is 14.5 Å². The lowest BCUT2D eigenvalue weighted by molar-refractivity contribution is -0.128. The molecule has 4 nitrogen and oxygen atoms in total. The third-order valence-electron chi connectivity index (χ3n) is 3.95. The lowest BCUT2D eigenvalue weighted by Gasteiger charge is -2.19. The predicted octanol–water partition coefficient (Wildman–Crippen LogP) is 2.92. The van der Waals surface area contributed by atoms with E-state index in [9.17, 15) is 4.79 Å². The number of carbonyl (C=O) groups excluding carboxylic acids is 1. The largest absolute Gasteiger partial charge is 0.338 e. The topological polar surface area (TPSA) is 38.1 Å². The SMILES string of the molecule is Cc1nccn1-c1ccccc1CN1CC(CBr)CC1=O. The van der Waals surface area contributed by atoms with Crippen LogP contribution in [0.1, 0.15) is 17.8 Å². The maximum Gasteiger partial charge on any atom is 0.223 e. The van der Waals surface area contributed by atoms with Crippen LogP contribution in [0.2, 0.25) is 0 Å². The van der Waals surface area contributed by atoms with Crippen LogP contribution in [-0.2, 0) is 11.3 Å². The second-order valence-corrected chi connectivity index (χ2v) is 6.12. The summed E-state index contributed by atoms with van der Waals surface area (Å²) in [5.74, 6) is 1.63. The average molecular weight is 348 g/mol. The van der Waals surface area contributed by atoms with Crippen LogP contribution in [0, 0.1) is 12.8 Å². The van der Waals surface area contributed by atoms with Crippen LogP contribution in [0.25, 0.3) is 5.69 Å². The van der Waals surface area contributed by atoms with Crippen LogP contribution in [-0.4, -0.2) is 32.2 Å². The number of nitrogens with zero attached hydrogens (tertiary/aromatic N) is 3. The molecular formula is C16H18BrN3O. The van der Waals surface area contributed by atoms with Gasteiger partial charge in [0.1, 0.15) is 5.82 Å².